The van der Waals surface area contributed by atoms with E-state index in [9.17, 15) is 26.4 Å². The number of rotatable bonds is 6. The molecule has 2 N–H and O–H groups in total. The number of carbonyl (C=O) groups excluding carboxylic acids is 1. The lowest BCUT2D eigenvalue weighted by Crippen LogP contribution is -2.58. The normalized spacial score (nSPS) is 18.3. The zero-order valence-electron chi connectivity index (χ0n) is 12.9. The highest BCUT2D eigenvalue weighted by molar-refractivity contribution is 7.88. The molecule has 0 bridgehead atoms. The Morgan fingerprint density at radius 1 is 1.35 bits per heavy atom. The van der Waals surface area contributed by atoms with E-state index in [-0.39, 0.29) is 25.5 Å². The highest BCUT2D eigenvalue weighted by Crippen LogP contribution is 2.24. The van der Waals surface area contributed by atoms with E-state index in [1.165, 1.54) is 11.9 Å². The molecule has 1 heterocycles. The van der Waals surface area contributed by atoms with Crippen LogP contribution >= 0.6 is 12.4 Å². The van der Waals surface area contributed by atoms with E-state index in [1.54, 1.807) is 0 Å². The van der Waals surface area contributed by atoms with Crippen molar-refractivity contribution in [2.75, 3.05) is 52.6 Å². The van der Waals surface area contributed by atoms with Gasteiger partial charge in [0.2, 0.25) is 15.9 Å². The molecule has 0 aliphatic carbocycles. The van der Waals surface area contributed by atoms with Crippen molar-refractivity contribution >= 4 is 28.3 Å². The summed E-state index contributed by atoms with van der Waals surface area (Å²) in [5.41, 5.74) is 0. The monoisotopic (exact) mass is 382 g/mol. The molecule has 1 aliphatic heterocycles. The van der Waals surface area contributed by atoms with Crippen LogP contribution in [-0.4, -0.2) is 88.3 Å². The van der Waals surface area contributed by atoms with Crippen LogP contribution in [0.2, 0.25) is 0 Å². The van der Waals surface area contributed by atoms with Gasteiger partial charge in [0.25, 0.3) is 0 Å². The fraction of sp³-hybridized carbons (Fsp3) is 0.909. The van der Waals surface area contributed by atoms with E-state index in [0.29, 0.717) is 13.1 Å². The summed E-state index contributed by atoms with van der Waals surface area (Å²) >= 11 is 0. The average molecular weight is 383 g/mol. The Morgan fingerprint density at radius 3 is 2.30 bits per heavy atom. The van der Waals surface area contributed by atoms with E-state index in [1.807, 2.05) is 0 Å². The Kier molecular flexibility index (Phi) is 8.77. The molecule has 1 fully saturated rings. The van der Waals surface area contributed by atoms with Gasteiger partial charge in [-0.05, 0) is 0 Å². The van der Waals surface area contributed by atoms with Crippen LogP contribution in [0.15, 0.2) is 0 Å². The van der Waals surface area contributed by atoms with Crippen LogP contribution in [0.4, 0.5) is 13.2 Å². The average Bonchev–Trinajstić information content (AvgIpc) is 2.37. The molecule has 1 amide bonds. The summed E-state index contributed by atoms with van der Waals surface area (Å²) in [6.07, 6.45) is -3.55. The van der Waals surface area contributed by atoms with Gasteiger partial charge in [0.05, 0.1) is 12.8 Å². The summed E-state index contributed by atoms with van der Waals surface area (Å²) in [5, 5.41) is 5.12. The third-order valence-corrected chi connectivity index (χ3v) is 4.66. The topological polar surface area (TPSA) is 81.8 Å². The van der Waals surface area contributed by atoms with Gasteiger partial charge in [-0.2, -0.15) is 17.5 Å². The Bertz CT molecular complexity index is 483. The molecule has 1 rings (SSSR count). The molecule has 138 valence electrons. The minimum atomic E-state index is -4.46. The van der Waals surface area contributed by atoms with Crippen molar-refractivity contribution in [3.05, 3.63) is 0 Å². The maximum absolute atomic E-state index is 13.1. The first-order valence-corrected chi connectivity index (χ1v) is 8.56. The zero-order valence-corrected chi connectivity index (χ0v) is 14.5. The largest absolute Gasteiger partial charge is 0.405 e. The van der Waals surface area contributed by atoms with E-state index in [2.05, 4.69) is 10.6 Å². The molecule has 0 aromatic heterocycles. The van der Waals surface area contributed by atoms with Gasteiger partial charge >= 0.3 is 6.18 Å². The number of likely N-dealkylation sites (N-methyl/N-ethyl adjacent to an activating group) is 1. The molecular weight excluding hydrogens is 361 g/mol. The second-order valence-electron chi connectivity index (χ2n) is 5.17. The van der Waals surface area contributed by atoms with Gasteiger partial charge in [0.15, 0.2) is 0 Å². The van der Waals surface area contributed by atoms with Crippen molar-refractivity contribution < 1.29 is 26.4 Å². The summed E-state index contributed by atoms with van der Waals surface area (Å²) in [6, 6.07) is -1.78. The fourth-order valence-electron chi connectivity index (χ4n) is 2.03. The Hall–Kier alpha value is -0.620. The van der Waals surface area contributed by atoms with Crippen LogP contribution in [0.25, 0.3) is 0 Å². The number of hydrogen-bond acceptors (Lipinski definition) is 5. The molecular formula is C11H22ClF3N4O3S. The summed E-state index contributed by atoms with van der Waals surface area (Å²) in [5.74, 6) is -0.766. The Balaban J connectivity index is 0.00000484. The third-order valence-electron chi connectivity index (χ3n) is 3.40. The molecule has 0 saturated carbocycles. The van der Waals surface area contributed by atoms with Gasteiger partial charge in [0, 0.05) is 39.8 Å². The van der Waals surface area contributed by atoms with Gasteiger partial charge in [-0.15, -0.1) is 12.4 Å². The second-order valence-corrected chi connectivity index (χ2v) is 7.26. The van der Waals surface area contributed by atoms with E-state index in [4.69, 9.17) is 0 Å². The van der Waals surface area contributed by atoms with E-state index >= 15 is 0 Å². The lowest BCUT2D eigenvalue weighted by molar-refractivity contribution is -0.184. The number of alkyl halides is 3. The molecule has 0 aromatic rings. The molecule has 7 nitrogen and oxygen atoms in total. The van der Waals surface area contributed by atoms with Crippen molar-refractivity contribution in [3.63, 3.8) is 0 Å². The SMILES string of the molecule is CN(CC(=O)NCC(N1CCNCC1)C(F)(F)F)S(C)(=O)=O.Cl. The number of halogens is 4. The van der Waals surface area contributed by atoms with Gasteiger partial charge in [-0.25, -0.2) is 8.42 Å². The third kappa shape index (κ3) is 7.66. The van der Waals surface area contributed by atoms with E-state index in [0.717, 1.165) is 10.6 Å². The van der Waals surface area contributed by atoms with E-state index < -0.39 is 41.2 Å². The molecule has 1 unspecified atom stereocenters. The van der Waals surface area contributed by atoms with Gasteiger partial charge in [-0.3, -0.25) is 9.69 Å². The van der Waals surface area contributed by atoms with Crippen LogP contribution in [0, 0.1) is 0 Å². The first-order valence-electron chi connectivity index (χ1n) is 6.71. The Morgan fingerprint density at radius 2 is 1.87 bits per heavy atom. The predicted molar refractivity (Wildman–Crippen MR) is 82.0 cm³/mol. The van der Waals surface area contributed by atoms with Crippen molar-refractivity contribution in [2.24, 2.45) is 0 Å². The quantitative estimate of drug-likeness (QED) is 0.632. The predicted octanol–water partition coefficient (Wildman–Crippen LogP) is -0.748. The lowest BCUT2D eigenvalue weighted by atomic mass is 10.2. The minimum Gasteiger partial charge on any atom is -0.353 e. The zero-order chi connectivity index (χ0) is 17.0. The van der Waals surface area contributed by atoms with Crippen LogP contribution in [0.5, 0.6) is 0 Å². The van der Waals surface area contributed by atoms with Crippen LogP contribution in [0.3, 0.4) is 0 Å². The van der Waals surface area contributed by atoms with Crippen molar-refractivity contribution in [3.8, 4) is 0 Å². The Labute approximate surface area is 140 Å². The standard InChI is InChI=1S/C11H21F3N4O3S.ClH/c1-17(22(2,20)21)8-10(19)16-7-9(11(12,13)14)18-5-3-15-4-6-18;/h9,15H,3-8H2,1-2H3,(H,16,19);1H. The van der Waals surface area contributed by atoms with Crippen molar-refractivity contribution in [1.29, 1.82) is 0 Å². The molecule has 1 atom stereocenters. The summed E-state index contributed by atoms with van der Waals surface area (Å²) in [4.78, 5) is 12.9. The summed E-state index contributed by atoms with van der Waals surface area (Å²) < 4.78 is 62.4. The van der Waals surface area contributed by atoms with Gasteiger partial charge in [-0.1, -0.05) is 0 Å². The molecule has 1 aliphatic rings. The number of sulfonamides is 1. The highest BCUT2D eigenvalue weighted by atomic mass is 35.5. The van der Waals surface area contributed by atoms with Crippen LogP contribution in [0.1, 0.15) is 0 Å². The lowest BCUT2D eigenvalue weighted by Gasteiger charge is -2.36. The minimum absolute atomic E-state index is 0. The highest BCUT2D eigenvalue weighted by Gasteiger charge is 2.43. The number of hydrogen-bond donors (Lipinski definition) is 2. The van der Waals surface area contributed by atoms with Gasteiger partial charge in [0.1, 0.15) is 6.04 Å². The number of nitrogens with zero attached hydrogens (tertiary/aromatic N) is 2. The smallest absolute Gasteiger partial charge is 0.353 e. The first-order chi connectivity index (χ1) is 10.0. The van der Waals surface area contributed by atoms with Crippen LogP contribution in [-0.2, 0) is 14.8 Å². The summed E-state index contributed by atoms with van der Waals surface area (Å²) in [6.45, 7) is 0.284. The number of nitrogens with one attached hydrogen (secondary N) is 2. The van der Waals surface area contributed by atoms with Crippen LogP contribution < -0.4 is 10.6 Å². The molecule has 1 saturated heterocycles. The summed E-state index contributed by atoms with van der Waals surface area (Å²) in [7, 11) is -2.37. The molecule has 12 heteroatoms. The van der Waals surface area contributed by atoms with Crippen molar-refractivity contribution in [1.82, 2.24) is 19.8 Å². The number of amides is 1. The molecule has 0 spiro atoms. The second kappa shape index (κ2) is 9.02. The van der Waals surface area contributed by atoms with Crippen molar-refractivity contribution in [2.45, 2.75) is 12.2 Å². The number of piperazine rings is 1. The first kappa shape index (κ1) is 22.4. The maximum atomic E-state index is 13.1. The number of carbonyl (C=O) groups is 1. The van der Waals surface area contributed by atoms with Gasteiger partial charge < -0.3 is 10.6 Å². The molecule has 0 aromatic carbocycles. The fourth-order valence-corrected chi connectivity index (χ4v) is 2.38. The maximum Gasteiger partial charge on any atom is 0.405 e. The molecule has 0 radical (unpaired) electrons. The molecule has 23 heavy (non-hydrogen) atoms.